The highest BCUT2D eigenvalue weighted by molar-refractivity contribution is 6.40. The fraction of sp³-hybridized carbons (Fsp3) is 0.0476. The van der Waals surface area contributed by atoms with Gasteiger partial charge in [0.15, 0.2) is 17.8 Å². The normalized spacial score (nSPS) is 10.4. The number of pyridine rings is 1. The largest absolute Gasteiger partial charge is 0.822 e. The van der Waals surface area contributed by atoms with Gasteiger partial charge in [0.25, 0.3) is 0 Å². The van der Waals surface area contributed by atoms with E-state index in [0.717, 1.165) is 5.56 Å². The highest BCUT2D eigenvalue weighted by atomic mass is 35.5. The Morgan fingerprint density at radius 2 is 1.59 bits per heavy atom. The van der Waals surface area contributed by atoms with Gasteiger partial charge in [-0.3, -0.25) is 0 Å². The maximum Gasteiger partial charge on any atom is 0.380 e. The minimum Gasteiger partial charge on any atom is -0.822 e. The van der Waals surface area contributed by atoms with E-state index in [1.54, 1.807) is 24.4 Å². The molecule has 2 heterocycles. The van der Waals surface area contributed by atoms with Crippen LogP contribution in [0.25, 0.3) is 5.71 Å². The molecule has 0 saturated carbocycles. The number of phenols is 1. The number of rotatable bonds is 2. The molecule has 5 nitrogen and oxygen atoms in total. The number of aromatic hydroxyl groups is 1. The number of phenolic OH excluding ortho intramolecular Hbond substituents is 1. The molecule has 0 fully saturated rings. The van der Waals surface area contributed by atoms with E-state index in [-0.39, 0.29) is 39.4 Å². The molecule has 0 atom stereocenters. The van der Waals surface area contributed by atoms with Gasteiger partial charge in [-0.2, -0.15) is 0 Å². The lowest BCUT2D eigenvalue weighted by Gasteiger charge is -2.07. The zero-order valence-corrected chi connectivity index (χ0v) is 17.1. The summed E-state index contributed by atoms with van der Waals surface area (Å²) in [5.74, 6) is -0.455. The SMILES string of the molecule is O=c1oc2cccc[n+]2c([O-])c1Cc1ccccc1.Oc1c(Cl)cc(Cl)cc1Cl. The molecule has 148 valence electrons. The molecule has 0 spiro atoms. The Hall–Kier alpha value is -2.73. The number of benzene rings is 2. The van der Waals surface area contributed by atoms with E-state index in [9.17, 15) is 9.90 Å². The van der Waals surface area contributed by atoms with Gasteiger partial charge in [0.05, 0.1) is 21.7 Å². The van der Waals surface area contributed by atoms with Crippen molar-refractivity contribution in [3.05, 3.63) is 103 Å². The highest BCUT2D eigenvalue weighted by Gasteiger charge is 2.15. The third-order valence-corrected chi connectivity index (χ3v) is 4.74. The van der Waals surface area contributed by atoms with Crippen molar-refractivity contribution >= 4 is 40.5 Å². The molecule has 2 aromatic heterocycles. The standard InChI is InChI=1S/C15H11NO3.C6H3Cl3O/c17-14-12(10-11-6-2-1-3-7-11)15(18)19-13-8-4-5-9-16(13)14;7-3-1-4(8)6(10)5(9)2-3/h1-9H,10H2;1-2,10H. The van der Waals surface area contributed by atoms with Crippen LogP contribution < -0.4 is 15.1 Å². The number of hydrogen-bond acceptors (Lipinski definition) is 4. The van der Waals surface area contributed by atoms with Gasteiger partial charge in [-0.1, -0.05) is 65.1 Å². The lowest BCUT2D eigenvalue weighted by atomic mass is 10.1. The maximum absolute atomic E-state index is 12.3. The first-order valence-corrected chi connectivity index (χ1v) is 9.51. The topological polar surface area (TPSA) is 77.6 Å². The Morgan fingerprint density at radius 1 is 0.966 bits per heavy atom. The molecule has 0 aliphatic carbocycles. The first kappa shape index (κ1) is 21.0. The summed E-state index contributed by atoms with van der Waals surface area (Å²) < 4.78 is 6.50. The van der Waals surface area contributed by atoms with Crippen molar-refractivity contribution in [2.24, 2.45) is 0 Å². The van der Waals surface area contributed by atoms with Crippen LogP contribution in [-0.2, 0) is 6.42 Å². The van der Waals surface area contributed by atoms with Gasteiger partial charge in [0.2, 0.25) is 0 Å². The van der Waals surface area contributed by atoms with Crippen LogP contribution >= 0.6 is 34.8 Å². The van der Waals surface area contributed by atoms with Crippen molar-refractivity contribution in [1.82, 2.24) is 0 Å². The molecule has 8 heteroatoms. The van der Waals surface area contributed by atoms with E-state index in [2.05, 4.69) is 0 Å². The van der Waals surface area contributed by atoms with Crippen LogP contribution in [-0.4, -0.2) is 5.11 Å². The summed E-state index contributed by atoms with van der Waals surface area (Å²) in [5, 5.41) is 22.0. The average molecular weight is 451 g/mol. The number of aromatic nitrogens is 1. The second-order valence-electron chi connectivity index (χ2n) is 5.96. The fourth-order valence-electron chi connectivity index (χ4n) is 2.55. The average Bonchev–Trinajstić information content (AvgIpc) is 2.70. The van der Waals surface area contributed by atoms with Crippen LogP contribution in [0.3, 0.4) is 0 Å². The van der Waals surface area contributed by atoms with Gasteiger partial charge >= 0.3 is 11.3 Å². The van der Waals surface area contributed by atoms with Crippen LogP contribution in [0.2, 0.25) is 15.1 Å². The summed E-state index contributed by atoms with van der Waals surface area (Å²) in [4.78, 5) is 11.9. The molecule has 0 aliphatic rings. The van der Waals surface area contributed by atoms with E-state index in [0.29, 0.717) is 5.02 Å². The van der Waals surface area contributed by atoms with Crippen molar-refractivity contribution in [1.29, 1.82) is 0 Å². The Labute approximate surface area is 181 Å². The van der Waals surface area contributed by atoms with Gasteiger partial charge in [-0.25, -0.2) is 4.79 Å². The molecule has 0 radical (unpaired) electrons. The van der Waals surface area contributed by atoms with E-state index in [4.69, 9.17) is 44.3 Å². The molecular weight excluding hydrogens is 437 g/mol. The Kier molecular flexibility index (Phi) is 6.64. The fourth-order valence-corrected chi connectivity index (χ4v) is 3.37. The van der Waals surface area contributed by atoms with Crippen LogP contribution in [0.4, 0.5) is 0 Å². The molecule has 4 aromatic rings. The van der Waals surface area contributed by atoms with Crippen molar-refractivity contribution in [2.75, 3.05) is 0 Å². The molecule has 2 aromatic carbocycles. The third kappa shape index (κ3) is 5.01. The molecule has 0 unspecified atom stereocenters. The third-order valence-electron chi connectivity index (χ3n) is 3.95. The van der Waals surface area contributed by atoms with Crippen LogP contribution in [0.15, 0.2) is 76.1 Å². The first-order valence-electron chi connectivity index (χ1n) is 8.37. The van der Waals surface area contributed by atoms with Crippen LogP contribution in [0, 0.1) is 0 Å². The Balaban J connectivity index is 0.000000204. The number of hydrogen-bond donors (Lipinski definition) is 1. The summed E-state index contributed by atoms with van der Waals surface area (Å²) >= 11 is 16.5. The van der Waals surface area contributed by atoms with E-state index in [1.165, 1.54) is 16.5 Å². The van der Waals surface area contributed by atoms with E-state index in [1.807, 2.05) is 30.3 Å². The summed E-state index contributed by atoms with van der Waals surface area (Å²) in [6, 6.07) is 17.3. The molecular formula is C21H14Cl3NO4. The highest BCUT2D eigenvalue weighted by Crippen LogP contribution is 2.34. The molecule has 4 rings (SSSR count). The lowest BCUT2D eigenvalue weighted by molar-refractivity contribution is -0.593. The lowest BCUT2D eigenvalue weighted by Crippen LogP contribution is -2.32. The van der Waals surface area contributed by atoms with E-state index < -0.39 is 5.63 Å². The predicted octanol–water partition coefficient (Wildman–Crippen LogP) is 4.40. The van der Waals surface area contributed by atoms with Gasteiger partial charge in [0.1, 0.15) is 0 Å². The van der Waals surface area contributed by atoms with Crippen LogP contribution in [0.5, 0.6) is 11.6 Å². The zero-order chi connectivity index (χ0) is 21.0. The Morgan fingerprint density at radius 3 is 2.24 bits per heavy atom. The van der Waals surface area contributed by atoms with Gasteiger partial charge in [-0.15, -0.1) is 4.40 Å². The quantitative estimate of drug-likeness (QED) is 0.459. The molecule has 0 aliphatic heterocycles. The smallest absolute Gasteiger partial charge is 0.380 e. The van der Waals surface area contributed by atoms with Crippen molar-refractivity contribution < 1.29 is 19.0 Å². The number of halogens is 3. The van der Waals surface area contributed by atoms with Crippen LogP contribution in [0.1, 0.15) is 11.1 Å². The molecule has 0 bridgehead atoms. The van der Waals surface area contributed by atoms with Crippen molar-refractivity contribution in [3.63, 3.8) is 0 Å². The maximum atomic E-state index is 12.3. The molecule has 0 saturated heterocycles. The Bertz CT molecular complexity index is 1190. The summed E-state index contributed by atoms with van der Waals surface area (Å²) in [6.45, 7) is 0. The summed E-state index contributed by atoms with van der Waals surface area (Å²) in [6.07, 6.45) is 1.87. The molecule has 29 heavy (non-hydrogen) atoms. The number of fused-ring (bicyclic) bond motifs is 1. The molecule has 1 N–H and O–H groups in total. The predicted molar refractivity (Wildman–Crippen MR) is 110 cm³/mol. The number of nitrogens with zero attached hydrogens (tertiary/aromatic N) is 1. The van der Waals surface area contributed by atoms with Gasteiger partial charge in [0, 0.05) is 17.5 Å². The summed E-state index contributed by atoms with van der Waals surface area (Å²) in [7, 11) is 0. The minimum atomic E-state index is -0.569. The van der Waals surface area contributed by atoms with E-state index >= 15 is 0 Å². The minimum absolute atomic E-state index is 0.132. The molecule has 0 amide bonds. The zero-order valence-electron chi connectivity index (χ0n) is 14.8. The first-order chi connectivity index (χ1) is 13.9. The monoisotopic (exact) mass is 449 g/mol. The van der Waals surface area contributed by atoms with Crippen molar-refractivity contribution in [3.8, 4) is 11.6 Å². The van der Waals surface area contributed by atoms with Crippen molar-refractivity contribution in [2.45, 2.75) is 6.42 Å². The second kappa shape index (κ2) is 9.18. The summed E-state index contributed by atoms with van der Waals surface area (Å²) in [5.41, 5.74) is 0.743. The van der Waals surface area contributed by atoms with Gasteiger partial charge in [-0.05, 0) is 23.8 Å². The second-order valence-corrected chi connectivity index (χ2v) is 7.21. The van der Waals surface area contributed by atoms with Gasteiger partial charge < -0.3 is 14.6 Å².